The highest BCUT2D eigenvalue weighted by Gasteiger charge is 2.12. The Labute approximate surface area is 120 Å². The zero-order valence-electron chi connectivity index (χ0n) is 12.4. The van der Waals surface area contributed by atoms with Crippen molar-refractivity contribution in [3.63, 3.8) is 0 Å². The van der Waals surface area contributed by atoms with Crippen LogP contribution in [0.2, 0.25) is 0 Å². The number of nitrogens with zero attached hydrogens (tertiary/aromatic N) is 1. The Hall–Kier alpha value is -1.87. The van der Waals surface area contributed by atoms with Gasteiger partial charge in [-0.15, -0.1) is 0 Å². The molecule has 1 aromatic carbocycles. The van der Waals surface area contributed by atoms with Gasteiger partial charge in [-0.1, -0.05) is 39.0 Å². The van der Waals surface area contributed by atoms with E-state index < -0.39 is 0 Å². The third-order valence-corrected chi connectivity index (χ3v) is 3.23. The molecule has 106 valence electrons. The molecule has 2 N–H and O–H groups in total. The van der Waals surface area contributed by atoms with E-state index in [1.54, 1.807) is 6.20 Å². The molecule has 0 aliphatic heterocycles. The lowest BCUT2D eigenvalue weighted by Crippen LogP contribution is -2.10. The van der Waals surface area contributed by atoms with E-state index in [9.17, 15) is 0 Å². The fourth-order valence-electron chi connectivity index (χ4n) is 1.87. The van der Waals surface area contributed by atoms with Gasteiger partial charge >= 0.3 is 0 Å². The Balaban J connectivity index is 1.96. The second kappa shape index (κ2) is 6.06. The van der Waals surface area contributed by atoms with Gasteiger partial charge in [0.25, 0.3) is 0 Å². The molecule has 0 saturated carbocycles. The van der Waals surface area contributed by atoms with E-state index in [2.05, 4.69) is 37.9 Å². The second-order valence-electron chi connectivity index (χ2n) is 5.92. The van der Waals surface area contributed by atoms with Crippen LogP contribution in [0.3, 0.4) is 0 Å². The van der Waals surface area contributed by atoms with Crippen LogP contribution in [0.1, 0.15) is 37.6 Å². The molecule has 1 aromatic heterocycles. The third kappa shape index (κ3) is 3.81. The molecule has 1 heterocycles. The average Bonchev–Trinajstić information content (AvgIpc) is 2.45. The van der Waals surface area contributed by atoms with Crippen molar-refractivity contribution in [3.8, 4) is 5.75 Å². The number of pyridine rings is 1. The second-order valence-corrected chi connectivity index (χ2v) is 5.92. The first-order valence-electron chi connectivity index (χ1n) is 6.86. The summed E-state index contributed by atoms with van der Waals surface area (Å²) in [5.74, 6) is 0.864. The molecule has 0 atom stereocenters. The molecule has 0 spiro atoms. The molecule has 2 aromatic rings. The Kier molecular flexibility index (Phi) is 4.40. The molecule has 3 heteroatoms. The highest BCUT2D eigenvalue weighted by Crippen LogP contribution is 2.24. The van der Waals surface area contributed by atoms with Crippen LogP contribution >= 0.6 is 0 Å². The van der Waals surface area contributed by atoms with Crippen molar-refractivity contribution in [1.29, 1.82) is 0 Å². The van der Waals surface area contributed by atoms with Crippen LogP contribution in [0.15, 0.2) is 42.6 Å². The van der Waals surface area contributed by atoms with E-state index >= 15 is 0 Å². The minimum absolute atomic E-state index is 0.165. The maximum Gasteiger partial charge on any atom is 0.130 e. The smallest absolute Gasteiger partial charge is 0.130 e. The van der Waals surface area contributed by atoms with Crippen LogP contribution < -0.4 is 10.5 Å². The average molecular weight is 270 g/mol. The largest absolute Gasteiger partial charge is 0.487 e. The highest BCUT2D eigenvalue weighted by molar-refractivity contribution is 5.31. The maximum atomic E-state index is 5.74. The van der Waals surface area contributed by atoms with E-state index in [1.807, 2.05) is 24.3 Å². The number of nitrogens with two attached hydrogens (primary N) is 1. The molecular weight excluding hydrogens is 248 g/mol. The predicted octanol–water partition coefficient (Wildman–Crippen LogP) is 3.42. The number of aromatic nitrogens is 1. The number of benzene rings is 1. The Morgan fingerprint density at radius 1 is 1.05 bits per heavy atom. The topological polar surface area (TPSA) is 48.1 Å². The van der Waals surface area contributed by atoms with Gasteiger partial charge in [0.15, 0.2) is 0 Å². The molecular formula is C17H22N2O. The zero-order chi connectivity index (χ0) is 14.6. The fourth-order valence-corrected chi connectivity index (χ4v) is 1.87. The lowest BCUT2D eigenvalue weighted by molar-refractivity contribution is 0.301. The summed E-state index contributed by atoms with van der Waals surface area (Å²) in [4.78, 5) is 4.32. The summed E-state index contributed by atoms with van der Waals surface area (Å²) in [6.07, 6.45) is 1.79. The SMILES string of the molecule is CC(C)(C)c1ccc(OCc2ccc(CN)cn2)cc1. The Morgan fingerprint density at radius 3 is 2.25 bits per heavy atom. The first kappa shape index (κ1) is 14.5. The van der Waals surface area contributed by atoms with E-state index in [-0.39, 0.29) is 5.41 Å². The van der Waals surface area contributed by atoms with E-state index in [0.717, 1.165) is 17.0 Å². The van der Waals surface area contributed by atoms with Gasteiger partial charge in [-0.05, 0) is 34.7 Å². The van der Waals surface area contributed by atoms with Crippen LogP contribution in [-0.2, 0) is 18.6 Å². The molecule has 0 amide bonds. The Morgan fingerprint density at radius 2 is 1.75 bits per heavy atom. The third-order valence-electron chi connectivity index (χ3n) is 3.23. The number of hydrogen-bond acceptors (Lipinski definition) is 3. The van der Waals surface area contributed by atoms with Crippen LogP contribution in [-0.4, -0.2) is 4.98 Å². The lowest BCUT2D eigenvalue weighted by Gasteiger charge is -2.19. The summed E-state index contributed by atoms with van der Waals surface area (Å²) in [5.41, 5.74) is 8.94. The van der Waals surface area contributed by atoms with Gasteiger partial charge < -0.3 is 10.5 Å². The minimum atomic E-state index is 0.165. The summed E-state index contributed by atoms with van der Waals surface area (Å²) in [6.45, 7) is 7.59. The standard InChI is InChI=1S/C17H22N2O/c1-17(2,3)14-5-8-16(9-6-14)20-12-15-7-4-13(10-18)11-19-15/h4-9,11H,10,12,18H2,1-3H3. The van der Waals surface area contributed by atoms with Crippen LogP contribution in [0, 0.1) is 0 Å². The van der Waals surface area contributed by atoms with Crippen molar-refractivity contribution in [2.45, 2.75) is 39.3 Å². The summed E-state index contributed by atoms with van der Waals surface area (Å²) in [5, 5.41) is 0. The van der Waals surface area contributed by atoms with Gasteiger partial charge in [0.05, 0.1) is 5.69 Å². The lowest BCUT2D eigenvalue weighted by atomic mass is 9.87. The molecule has 20 heavy (non-hydrogen) atoms. The molecule has 0 radical (unpaired) electrons. The summed E-state index contributed by atoms with van der Waals surface area (Å²) in [7, 11) is 0. The first-order valence-corrected chi connectivity index (χ1v) is 6.86. The summed E-state index contributed by atoms with van der Waals surface area (Å²) in [6, 6.07) is 12.2. The van der Waals surface area contributed by atoms with Crippen molar-refractivity contribution in [3.05, 3.63) is 59.4 Å². The highest BCUT2D eigenvalue weighted by atomic mass is 16.5. The maximum absolute atomic E-state index is 5.74. The number of ether oxygens (including phenoxy) is 1. The van der Waals surface area contributed by atoms with Crippen molar-refractivity contribution < 1.29 is 4.74 Å². The molecule has 0 bridgehead atoms. The summed E-state index contributed by atoms with van der Waals surface area (Å²) >= 11 is 0. The molecule has 0 fully saturated rings. The first-order chi connectivity index (χ1) is 9.49. The molecule has 0 unspecified atom stereocenters. The van der Waals surface area contributed by atoms with E-state index in [0.29, 0.717) is 13.2 Å². The van der Waals surface area contributed by atoms with Gasteiger partial charge in [-0.2, -0.15) is 0 Å². The van der Waals surface area contributed by atoms with Crippen LogP contribution in [0.4, 0.5) is 0 Å². The van der Waals surface area contributed by atoms with E-state index in [1.165, 1.54) is 5.56 Å². The van der Waals surface area contributed by atoms with Gasteiger partial charge in [-0.3, -0.25) is 4.98 Å². The monoisotopic (exact) mass is 270 g/mol. The molecule has 2 rings (SSSR count). The van der Waals surface area contributed by atoms with Crippen molar-refractivity contribution in [1.82, 2.24) is 4.98 Å². The van der Waals surface area contributed by atoms with Crippen molar-refractivity contribution >= 4 is 0 Å². The molecule has 0 saturated heterocycles. The summed E-state index contributed by atoms with van der Waals surface area (Å²) < 4.78 is 5.74. The molecule has 0 aliphatic rings. The van der Waals surface area contributed by atoms with Gasteiger partial charge in [0.2, 0.25) is 0 Å². The number of rotatable bonds is 4. The van der Waals surface area contributed by atoms with Crippen molar-refractivity contribution in [2.75, 3.05) is 0 Å². The van der Waals surface area contributed by atoms with Gasteiger partial charge in [0.1, 0.15) is 12.4 Å². The van der Waals surface area contributed by atoms with Gasteiger partial charge in [-0.25, -0.2) is 0 Å². The zero-order valence-corrected chi connectivity index (χ0v) is 12.4. The Bertz CT molecular complexity index is 539. The number of hydrogen-bond donors (Lipinski definition) is 1. The predicted molar refractivity (Wildman–Crippen MR) is 81.6 cm³/mol. The quantitative estimate of drug-likeness (QED) is 0.926. The van der Waals surface area contributed by atoms with Gasteiger partial charge in [0, 0.05) is 12.7 Å². The molecule has 0 aliphatic carbocycles. The van der Waals surface area contributed by atoms with Crippen molar-refractivity contribution in [2.24, 2.45) is 5.73 Å². The molecule has 3 nitrogen and oxygen atoms in total. The fraction of sp³-hybridized carbons (Fsp3) is 0.353. The van der Waals surface area contributed by atoms with Crippen LogP contribution in [0.25, 0.3) is 0 Å². The minimum Gasteiger partial charge on any atom is -0.487 e. The van der Waals surface area contributed by atoms with E-state index in [4.69, 9.17) is 10.5 Å². The van der Waals surface area contributed by atoms with Crippen LogP contribution in [0.5, 0.6) is 5.75 Å². The normalized spacial score (nSPS) is 11.4.